The Morgan fingerprint density at radius 2 is 1.76 bits per heavy atom. The first-order valence-electron chi connectivity index (χ1n) is 8.27. The number of aryl methyl sites for hydroxylation is 2. The number of hydrazone groups is 1. The van der Waals surface area contributed by atoms with Gasteiger partial charge in [0.1, 0.15) is 11.5 Å². The zero-order chi connectivity index (χ0) is 18.1. The van der Waals surface area contributed by atoms with Gasteiger partial charge in [0.2, 0.25) is 5.91 Å². The molecule has 0 aliphatic carbocycles. The summed E-state index contributed by atoms with van der Waals surface area (Å²) in [4.78, 5) is 10.8. The molecule has 0 unspecified atom stereocenters. The average Bonchev–Trinajstić information content (AvgIpc) is 2.58. The second kappa shape index (κ2) is 9.47. The molecule has 25 heavy (non-hydrogen) atoms. The summed E-state index contributed by atoms with van der Waals surface area (Å²) in [5.74, 6) is 1.45. The molecule has 0 aromatic heterocycles. The van der Waals surface area contributed by atoms with E-state index < -0.39 is 0 Å². The van der Waals surface area contributed by atoms with Gasteiger partial charge in [-0.1, -0.05) is 18.2 Å². The van der Waals surface area contributed by atoms with Crippen molar-refractivity contribution in [1.82, 2.24) is 5.43 Å². The van der Waals surface area contributed by atoms with Gasteiger partial charge in [0.25, 0.3) is 0 Å². The number of carbonyl (C=O) groups is 1. The summed E-state index contributed by atoms with van der Waals surface area (Å²) in [6.07, 6.45) is 2.37. The predicted molar refractivity (Wildman–Crippen MR) is 99.4 cm³/mol. The van der Waals surface area contributed by atoms with Crippen molar-refractivity contribution in [3.63, 3.8) is 0 Å². The Hall–Kier alpha value is -2.82. The molecule has 0 fully saturated rings. The Kier molecular flexibility index (Phi) is 7.01. The normalized spacial score (nSPS) is 10.7. The van der Waals surface area contributed by atoms with Crippen molar-refractivity contribution in [1.29, 1.82) is 0 Å². The summed E-state index contributed by atoms with van der Waals surface area (Å²) in [7, 11) is 0. The highest BCUT2D eigenvalue weighted by Gasteiger charge is 1.99. The standard InChI is InChI=1S/C20H24N2O3/c1-15-8-9-20(12-16(15)2)25-11-5-10-24-19-7-4-6-18(13-19)14-21-22-17(3)23/h4,6-9,12-14H,5,10-11H2,1-3H3,(H,22,23)/b21-14+. The molecule has 0 saturated heterocycles. The molecule has 2 aromatic rings. The summed E-state index contributed by atoms with van der Waals surface area (Å²) >= 11 is 0. The van der Waals surface area contributed by atoms with Crippen molar-refractivity contribution in [2.45, 2.75) is 27.2 Å². The van der Waals surface area contributed by atoms with Gasteiger partial charge in [-0.2, -0.15) is 5.10 Å². The van der Waals surface area contributed by atoms with Crippen molar-refractivity contribution in [3.8, 4) is 11.5 Å². The molecule has 132 valence electrons. The number of ether oxygens (including phenoxy) is 2. The smallest absolute Gasteiger partial charge is 0.236 e. The number of amides is 1. The molecule has 0 aliphatic rings. The van der Waals surface area contributed by atoms with Crippen LogP contribution in [0.25, 0.3) is 0 Å². The lowest BCUT2D eigenvalue weighted by Gasteiger charge is -2.09. The van der Waals surface area contributed by atoms with Crippen LogP contribution in [0, 0.1) is 13.8 Å². The Balaban J connectivity index is 1.73. The number of nitrogens with zero attached hydrogens (tertiary/aromatic N) is 1. The number of rotatable bonds is 8. The molecule has 5 heteroatoms. The summed E-state index contributed by atoms with van der Waals surface area (Å²) in [5.41, 5.74) is 5.72. The second-order valence-corrected chi connectivity index (χ2v) is 5.80. The fourth-order valence-electron chi connectivity index (χ4n) is 2.13. The number of carbonyl (C=O) groups excluding carboxylic acids is 1. The molecule has 0 radical (unpaired) electrons. The maximum absolute atomic E-state index is 10.8. The maximum atomic E-state index is 10.8. The Morgan fingerprint density at radius 1 is 1.04 bits per heavy atom. The summed E-state index contributed by atoms with van der Waals surface area (Å²) < 4.78 is 11.5. The second-order valence-electron chi connectivity index (χ2n) is 5.80. The summed E-state index contributed by atoms with van der Waals surface area (Å²) in [6, 6.07) is 13.6. The minimum absolute atomic E-state index is 0.201. The third-order valence-electron chi connectivity index (χ3n) is 3.60. The van der Waals surface area contributed by atoms with Crippen molar-refractivity contribution < 1.29 is 14.3 Å². The maximum Gasteiger partial charge on any atom is 0.236 e. The molecular formula is C20H24N2O3. The fourth-order valence-corrected chi connectivity index (χ4v) is 2.13. The SMILES string of the molecule is CC(=O)N/N=C/c1cccc(OCCCOc2ccc(C)c(C)c2)c1. The lowest BCUT2D eigenvalue weighted by Crippen LogP contribution is -2.12. The molecule has 0 heterocycles. The van der Waals surface area contributed by atoms with E-state index >= 15 is 0 Å². The first-order chi connectivity index (χ1) is 12.0. The molecule has 0 saturated carbocycles. The Morgan fingerprint density at radius 3 is 2.44 bits per heavy atom. The van der Waals surface area contributed by atoms with Crippen molar-refractivity contribution in [3.05, 3.63) is 59.2 Å². The highest BCUT2D eigenvalue weighted by Crippen LogP contribution is 2.17. The topological polar surface area (TPSA) is 59.9 Å². The Bertz CT molecular complexity index is 741. The van der Waals surface area contributed by atoms with Gasteiger partial charge in [-0.15, -0.1) is 0 Å². The number of hydrogen-bond acceptors (Lipinski definition) is 4. The zero-order valence-corrected chi connectivity index (χ0v) is 14.9. The van der Waals surface area contributed by atoms with Crippen LogP contribution in [0.15, 0.2) is 47.6 Å². The van der Waals surface area contributed by atoms with Crippen LogP contribution in [0.3, 0.4) is 0 Å². The number of nitrogens with one attached hydrogen (secondary N) is 1. The van der Waals surface area contributed by atoms with Crippen LogP contribution in [0.2, 0.25) is 0 Å². The molecule has 5 nitrogen and oxygen atoms in total. The molecular weight excluding hydrogens is 316 g/mol. The first kappa shape index (κ1) is 18.5. The number of hydrogen-bond donors (Lipinski definition) is 1. The van der Waals surface area contributed by atoms with Gasteiger partial charge >= 0.3 is 0 Å². The van der Waals surface area contributed by atoms with Crippen LogP contribution in [-0.2, 0) is 4.79 Å². The molecule has 0 atom stereocenters. The van der Waals surface area contributed by atoms with Crippen molar-refractivity contribution in [2.24, 2.45) is 5.10 Å². The van der Waals surface area contributed by atoms with E-state index in [1.807, 2.05) is 36.4 Å². The molecule has 2 aromatic carbocycles. The highest BCUT2D eigenvalue weighted by molar-refractivity contribution is 5.82. The lowest BCUT2D eigenvalue weighted by molar-refractivity contribution is -0.118. The summed E-state index contributed by atoms with van der Waals surface area (Å²) in [6.45, 7) is 6.75. The van der Waals surface area contributed by atoms with Gasteiger partial charge in [0, 0.05) is 13.3 Å². The quantitative estimate of drug-likeness (QED) is 0.453. The largest absolute Gasteiger partial charge is 0.493 e. The van der Waals surface area contributed by atoms with Gasteiger partial charge in [-0.25, -0.2) is 5.43 Å². The van der Waals surface area contributed by atoms with E-state index in [0.29, 0.717) is 13.2 Å². The van der Waals surface area contributed by atoms with Gasteiger partial charge in [0.05, 0.1) is 19.4 Å². The van der Waals surface area contributed by atoms with E-state index in [4.69, 9.17) is 9.47 Å². The zero-order valence-electron chi connectivity index (χ0n) is 14.9. The van der Waals surface area contributed by atoms with E-state index in [9.17, 15) is 4.79 Å². The molecule has 0 aliphatic heterocycles. The van der Waals surface area contributed by atoms with Gasteiger partial charge in [0.15, 0.2) is 0 Å². The van der Waals surface area contributed by atoms with E-state index in [-0.39, 0.29) is 5.91 Å². The van der Waals surface area contributed by atoms with Crippen LogP contribution in [-0.4, -0.2) is 25.3 Å². The Labute approximate surface area is 148 Å². The summed E-state index contributed by atoms with van der Waals surface area (Å²) in [5, 5.41) is 3.84. The van der Waals surface area contributed by atoms with E-state index in [1.54, 1.807) is 6.21 Å². The van der Waals surface area contributed by atoms with Gasteiger partial charge < -0.3 is 9.47 Å². The monoisotopic (exact) mass is 340 g/mol. The van der Waals surface area contributed by atoms with Crippen LogP contribution in [0.5, 0.6) is 11.5 Å². The van der Waals surface area contributed by atoms with Crippen LogP contribution in [0.4, 0.5) is 0 Å². The molecule has 0 bridgehead atoms. The predicted octanol–water partition coefficient (Wildman–Crippen LogP) is 3.62. The van der Waals surface area contributed by atoms with E-state index in [1.165, 1.54) is 18.1 Å². The van der Waals surface area contributed by atoms with E-state index in [0.717, 1.165) is 23.5 Å². The molecule has 2 rings (SSSR count). The van der Waals surface area contributed by atoms with E-state index in [2.05, 4.69) is 30.4 Å². The van der Waals surface area contributed by atoms with Gasteiger partial charge in [-0.05, 0) is 54.8 Å². The minimum atomic E-state index is -0.201. The molecule has 1 N–H and O–H groups in total. The van der Waals surface area contributed by atoms with Crippen molar-refractivity contribution >= 4 is 12.1 Å². The molecule has 0 spiro atoms. The molecule has 1 amide bonds. The van der Waals surface area contributed by atoms with Gasteiger partial charge in [-0.3, -0.25) is 4.79 Å². The third kappa shape index (κ3) is 6.67. The van der Waals surface area contributed by atoms with Crippen LogP contribution >= 0.6 is 0 Å². The van der Waals surface area contributed by atoms with Crippen molar-refractivity contribution in [2.75, 3.05) is 13.2 Å². The van der Waals surface area contributed by atoms with Crippen LogP contribution in [0.1, 0.15) is 30.0 Å². The third-order valence-corrected chi connectivity index (χ3v) is 3.60. The fraction of sp³-hybridized carbons (Fsp3) is 0.300. The minimum Gasteiger partial charge on any atom is -0.493 e. The first-order valence-corrected chi connectivity index (χ1v) is 8.27. The lowest BCUT2D eigenvalue weighted by atomic mass is 10.1. The highest BCUT2D eigenvalue weighted by atomic mass is 16.5. The average molecular weight is 340 g/mol. The van der Waals surface area contributed by atoms with Crippen LogP contribution < -0.4 is 14.9 Å². The number of benzene rings is 2.